The van der Waals surface area contributed by atoms with Gasteiger partial charge in [-0.05, 0) is 37.7 Å². The van der Waals surface area contributed by atoms with Crippen LogP contribution in [0.5, 0.6) is 0 Å². The van der Waals surface area contributed by atoms with Gasteiger partial charge >= 0.3 is 0 Å². The van der Waals surface area contributed by atoms with Crippen molar-refractivity contribution in [2.24, 2.45) is 5.92 Å². The van der Waals surface area contributed by atoms with Crippen LogP contribution in [-0.4, -0.2) is 23.1 Å². The van der Waals surface area contributed by atoms with E-state index in [0.29, 0.717) is 17.7 Å². The van der Waals surface area contributed by atoms with Crippen molar-refractivity contribution in [3.05, 3.63) is 18.0 Å². The smallest absolute Gasteiger partial charge is 0.226 e. The van der Waals surface area contributed by atoms with Gasteiger partial charge in [0.1, 0.15) is 11.8 Å². The van der Waals surface area contributed by atoms with Crippen LogP contribution in [0.3, 0.4) is 0 Å². The van der Waals surface area contributed by atoms with E-state index in [1.165, 1.54) is 32.1 Å². The van der Waals surface area contributed by atoms with Crippen molar-refractivity contribution in [2.45, 2.75) is 45.1 Å². The van der Waals surface area contributed by atoms with Crippen LogP contribution in [-0.2, 0) is 0 Å². The molecule has 0 saturated heterocycles. The number of nitriles is 1. The molecule has 0 spiro atoms. The monoisotopic (exact) mass is 244 g/mol. The summed E-state index contributed by atoms with van der Waals surface area (Å²) in [6.07, 6.45) is 7.95. The Morgan fingerprint density at radius 2 is 2.11 bits per heavy atom. The Kier molecular flexibility index (Phi) is 4.14. The van der Waals surface area contributed by atoms with E-state index in [1.807, 2.05) is 7.05 Å². The summed E-state index contributed by atoms with van der Waals surface area (Å²) in [5, 5.41) is 8.86. The largest absolute Gasteiger partial charge is 0.341 e. The Hall–Kier alpha value is -1.63. The second kappa shape index (κ2) is 5.81. The van der Waals surface area contributed by atoms with E-state index in [-0.39, 0.29) is 0 Å². The van der Waals surface area contributed by atoms with Crippen LogP contribution >= 0.6 is 0 Å². The van der Waals surface area contributed by atoms with Crippen molar-refractivity contribution in [1.82, 2.24) is 9.97 Å². The number of anilines is 1. The van der Waals surface area contributed by atoms with Crippen molar-refractivity contribution in [2.75, 3.05) is 11.9 Å². The maximum Gasteiger partial charge on any atom is 0.226 e. The maximum atomic E-state index is 8.86. The van der Waals surface area contributed by atoms with Crippen molar-refractivity contribution in [3.63, 3.8) is 0 Å². The van der Waals surface area contributed by atoms with E-state index in [4.69, 9.17) is 5.26 Å². The quantitative estimate of drug-likeness (QED) is 0.820. The lowest BCUT2D eigenvalue weighted by atomic mass is 9.84. The summed E-state index contributed by atoms with van der Waals surface area (Å²) in [4.78, 5) is 10.7. The zero-order valence-electron chi connectivity index (χ0n) is 11.1. The molecule has 96 valence electrons. The molecule has 0 radical (unpaired) electrons. The Morgan fingerprint density at radius 1 is 1.39 bits per heavy atom. The Balaban J connectivity index is 2.03. The molecule has 1 fully saturated rings. The van der Waals surface area contributed by atoms with Crippen LogP contribution in [0.15, 0.2) is 12.3 Å². The lowest BCUT2D eigenvalue weighted by Crippen LogP contribution is -2.36. The Labute approximate surface area is 109 Å². The van der Waals surface area contributed by atoms with E-state index in [0.717, 1.165) is 5.92 Å². The molecule has 0 atom stereocenters. The summed E-state index contributed by atoms with van der Waals surface area (Å²) in [6.45, 7) is 2.27. The lowest BCUT2D eigenvalue weighted by Gasteiger charge is -2.34. The molecule has 0 aliphatic heterocycles. The molecule has 0 unspecified atom stereocenters. The molecule has 0 amide bonds. The van der Waals surface area contributed by atoms with Gasteiger partial charge in [0, 0.05) is 19.3 Å². The topological polar surface area (TPSA) is 52.8 Å². The number of hydrogen-bond donors (Lipinski definition) is 0. The number of aromatic nitrogens is 2. The minimum atomic E-state index is 0.439. The number of rotatable bonds is 3. The van der Waals surface area contributed by atoms with E-state index in [1.54, 1.807) is 12.3 Å². The van der Waals surface area contributed by atoms with Crippen molar-refractivity contribution in [1.29, 1.82) is 5.26 Å². The van der Waals surface area contributed by atoms with Crippen LogP contribution in [0.2, 0.25) is 0 Å². The first kappa shape index (κ1) is 12.8. The van der Waals surface area contributed by atoms with Crippen LogP contribution in [0.4, 0.5) is 5.95 Å². The Bertz CT molecular complexity index is 430. The van der Waals surface area contributed by atoms with Gasteiger partial charge in [-0.2, -0.15) is 5.26 Å². The summed E-state index contributed by atoms with van der Waals surface area (Å²) in [7, 11) is 2.04. The molecule has 1 aliphatic carbocycles. The molecular weight excluding hydrogens is 224 g/mol. The van der Waals surface area contributed by atoms with Crippen molar-refractivity contribution in [3.8, 4) is 6.07 Å². The van der Waals surface area contributed by atoms with E-state index < -0.39 is 0 Å². The molecule has 1 aromatic rings. The molecule has 2 rings (SSSR count). The van der Waals surface area contributed by atoms with Gasteiger partial charge in [0.05, 0.1) is 0 Å². The summed E-state index contributed by atoms with van der Waals surface area (Å²) in [5.74, 6) is 1.56. The van der Waals surface area contributed by atoms with Gasteiger partial charge in [-0.15, -0.1) is 0 Å². The predicted octanol–water partition coefficient (Wildman–Crippen LogP) is 2.75. The van der Waals surface area contributed by atoms with Gasteiger partial charge in [0.2, 0.25) is 5.95 Å². The lowest BCUT2D eigenvalue weighted by molar-refractivity contribution is 0.312. The molecule has 1 saturated carbocycles. The second-order valence-electron chi connectivity index (χ2n) is 5.05. The molecular formula is C14H20N4. The van der Waals surface area contributed by atoms with Gasteiger partial charge in [-0.1, -0.05) is 13.3 Å². The molecule has 0 N–H and O–H groups in total. The molecule has 4 nitrogen and oxygen atoms in total. The molecule has 18 heavy (non-hydrogen) atoms. The molecule has 1 heterocycles. The first-order valence-electron chi connectivity index (χ1n) is 6.70. The first-order valence-corrected chi connectivity index (χ1v) is 6.70. The highest BCUT2D eigenvalue weighted by Crippen LogP contribution is 2.30. The summed E-state index contributed by atoms with van der Waals surface area (Å²) >= 11 is 0. The minimum Gasteiger partial charge on any atom is -0.341 e. The number of nitrogens with zero attached hydrogens (tertiary/aromatic N) is 4. The highest BCUT2D eigenvalue weighted by Gasteiger charge is 2.24. The average molecular weight is 244 g/mol. The summed E-state index contributed by atoms with van der Waals surface area (Å²) in [5.41, 5.74) is 0.439. The molecule has 0 aromatic carbocycles. The fourth-order valence-electron chi connectivity index (χ4n) is 2.68. The third-order valence-electron chi connectivity index (χ3n) is 4.01. The first-order chi connectivity index (χ1) is 8.74. The number of hydrogen-bond acceptors (Lipinski definition) is 4. The molecule has 0 bridgehead atoms. The molecule has 4 heteroatoms. The third-order valence-corrected chi connectivity index (χ3v) is 4.01. The van der Waals surface area contributed by atoms with Gasteiger partial charge in [0.15, 0.2) is 0 Å². The highest BCUT2D eigenvalue weighted by molar-refractivity contribution is 5.34. The fourth-order valence-corrected chi connectivity index (χ4v) is 2.68. The van der Waals surface area contributed by atoms with Gasteiger partial charge < -0.3 is 4.90 Å². The standard InChI is InChI=1S/C14H20N4/c1-3-11-4-6-13(7-5-11)18(2)14-16-9-8-12(10-15)17-14/h8-9,11,13H,3-7H2,1-2H3. The van der Waals surface area contributed by atoms with E-state index in [2.05, 4.69) is 27.9 Å². The highest BCUT2D eigenvalue weighted by atomic mass is 15.2. The Morgan fingerprint density at radius 3 is 2.72 bits per heavy atom. The normalized spacial score (nSPS) is 23.4. The van der Waals surface area contributed by atoms with Crippen LogP contribution < -0.4 is 4.90 Å². The summed E-state index contributed by atoms with van der Waals surface area (Å²) < 4.78 is 0. The zero-order chi connectivity index (χ0) is 13.0. The van der Waals surface area contributed by atoms with Gasteiger partial charge in [-0.3, -0.25) is 0 Å². The van der Waals surface area contributed by atoms with Crippen molar-refractivity contribution >= 4 is 5.95 Å². The average Bonchev–Trinajstić information content (AvgIpc) is 2.46. The van der Waals surface area contributed by atoms with Crippen LogP contribution in [0.1, 0.15) is 44.7 Å². The third kappa shape index (κ3) is 2.79. The minimum absolute atomic E-state index is 0.439. The van der Waals surface area contributed by atoms with Gasteiger partial charge in [0.25, 0.3) is 0 Å². The second-order valence-corrected chi connectivity index (χ2v) is 5.05. The predicted molar refractivity (Wildman–Crippen MR) is 71.2 cm³/mol. The summed E-state index contributed by atoms with van der Waals surface area (Å²) in [6, 6.07) is 4.22. The van der Waals surface area contributed by atoms with Crippen molar-refractivity contribution < 1.29 is 0 Å². The van der Waals surface area contributed by atoms with Crippen LogP contribution in [0, 0.1) is 17.2 Å². The fraction of sp³-hybridized carbons (Fsp3) is 0.643. The SMILES string of the molecule is CCC1CCC(N(C)c2nccc(C#N)n2)CC1. The van der Waals surface area contributed by atoms with Crippen LogP contribution in [0.25, 0.3) is 0 Å². The molecule has 1 aromatic heterocycles. The zero-order valence-corrected chi connectivity index (χ0v) is 11.1. The molecule has 1 aliphatic rings. The maximum absolute atomic E-state index is 8.86. The van der Waals surface area contributed by atoms with Gasteiger partial charge in [-0.25, -0.2) is 9.97 Å². The van der Waals surface area contributed by atoms with E-state index in [9.17, 15) is 0 Å². The van der Waals surface area contributed by atoms with E-state index >= 15 is 0 Å².